The van der Waals surface area contributed by atoms with Crippen LogP contribution in [-0.4, -0.2) is 55.3 Å². The first-order valence-electron chi connectivity index (χ1n) is 12.9. The first-order valence-corrected chi connectivity index (χ1v) is 14.4. The smallest absolute Gasteiger partial charge is 0.340 e. The van der Waals surface area contributed by atoms with Crippen molar-refractivity contribution in [3.8, 4) is 0 Å². The van der Waals surface area contributed by atoms with Crippen LogP contribution in [0.3, 0.4) is 0 Å². The van der Waals surface area contributed by atoms with Crippen LogP contribution in [0.15, 0.2) is 41.3 Å². The Morgan fingerprint density at radius 3 is 2.33 bits per heavy atom. The number of ether oxygens (including phenoxy) is 2. The Hall–Kier alpha value is -4.72. The van der Waals surface area contributed by atoms with Gasteiger partial charge in [-0.05, 0) is 70.9 Å². The van der Waals surface area contributed by atoms with E-state index in [2.05, 4.69) is 15.0 Å². The van der Waals surface area contributed by atoms with Gasteiger partial charge in [-0.1, -0.05) is 17.7 Å². The first-order chi connectivity index (χ1) is 19.7. The van der Waals surface area contributed by atoms with Gasteiger partial charge in [-0.25, -0.2) is 13.2 Å². The van der Waals surface area contributed by atoms with Gasteiger partial charge in [0.05, 0.1) is 33.4 Å². The number of aryl methyl sites for hydroxylation is 3. The zero-order valence-electron chi connectivity index (χ0n) is 24.0. The molecule has 0 aliphatic rings. The van der Waals surface area contributed by atoms with E-state index in [1.807, 2.05) is 6.92 Å². The molecule has 14 heteroatoms. The SMILES string of the molecule is CCOC(=O)c1c(C)[nH]c(C(=O)C(C)OC(=O)CNc2ccc(S(=O)(=O)Nc3ccc(C)cc3C)cc2[N+](=O)[O-])c1C. The summed E-state index contributed by atoms with van der Waals surface area (Å²) < 4.78 is 38.5. The number of rotatable bonds is 12. The molecule has 3 aromatic rings. The third-order valence-corrected chi connectivity index (χ3v) is 7.73. The Kier molecular flexibility index (Phi) is 9.73. The molecule has 3 N–H and O–H groups in total. The number of ketones is 1. The number of Topliss-reactive ketones (excluding diaryl/α,β-unsaturated/α-hetero) is 1. The normalized spacial score (nSPS) is 11.9. The van der Waals surface area contributed by atoms with E-state index in [-0.39, 0.29) is 28.4 Å². The van der Waals surface area contributed by atoms with E-state index in [9.17, 15) is 32.9 Å². The first kappa shape index (κ1) is 31.8. The van der Waals surface area contributed by atoms with Crippen molar-refractivity contribution >= 4 is 44.8 Å². The number of aromatic nitrogens is 1. The Morgan fingerprint density at radius 1 is 1.05 bits per heavy atom. The molecule has 0 saturated carbocycles. The fourth-order valence-corrected chi connectivity index (χ4v) is 5.43. The van der Waals surface area contributed by atoms with Crippen LogP contribution in [0.4, 0.5) is 17.1 Å². The molecular weight excluding hydrogens is 568 g/mol. The largest absolute Gasteiger partial charge is 0.462 e. The molecule has 1 unspecified atom stereocenters. The molecule has 1 aromatic heterocycles. The third-order valence-electron chi connectivity index (χ3n) is 6.37. The van der Waals surface area contributed by atoms with Gasteiger partial charge in [-0.2, -0.15) is 0 Å². The molecule has 1 heterocycles. The average molecular weight is 601 g/mol. The van der Waals surface area contributed by atoms with E-state index in [1.165, 1.54) is 13.0 Å². The van der Waals surface area contributed by atoms with Crippen LogP contribution in [0.25, 0.3) is 0 Å². The second-order valence-electron chi connectivity index (χ2n) is 9.56. The Balaban J connectivity index is 1.70. The van der Waals surface area contributed by atoms with Crippen molar-refractivity contribution in [3.05, 3.63) is 80.2 Å². The van der Waals surface area contributed by atoms with Gasteiger partial charge in [-0.15, -0.1) is 0 Å². The van der Waals surface area contributed by atoms with Crippen molar-refractivity contribution < 1.29 is 37.2 Å². The minimum Gasteiger partial charge on any atom is -0.462 e. The van der Waals surface area contributed by atoms with Gasteiger partial charge in [-0.3, -0.25) is 24.4 Å². The number of nitrogens with zero attached hydrogens (tertiary/aromatic N) is 1. The molecule has 0 bridgehead atoms. The standard InChI is InChI=1S/C28H32N4O9S/c1-7-40-28(35)25-17(4)26(30-18(25)5)27(34)19(6)41-24(33)14-29-22-11-9-20(13-23(22)32(36)37)42(38,39)31-21-10-8-15(2)12-16(21)3/h8-13,19,29-31H,7,14H2,1-6H3. The maximum absolute atomic E-state index is 12.9. The molecular formula is C28H32N4O9S. The van der Waals surface area contributed by atoms with Gasteiger partial charge < -0.3 is 19.8 Å². The van der Waals surface area contributed by atoms with Gasteiger partial charge in [0.1, 0.15) is 12.2 Å². The quantitative estimate of drug-likeness (QED) is 0.117. The fraction of sp³-hybridized carbons (Fsp3) is 0.321. The number of hydrogen-bond donors (Lipinski definition) is 3. The van der Waals surface area contributed by atoms with Gasteiger partial charge in [0.15, 0.2) is 6.10 Å². The number of hydrogen-bond acceptors (Lipinski definition) is 10. The molecule has 224 valence electrons. The van der Waals surface area contributed by atoms with E-state index in [0.29, 0.717) is 22.5 Å². The summed E-state index contributed by atoms with van der Waals surface area (Å²) >= 11 is 0. The van der Waals surface area contributed by atoms with Crippen LogP contribution < -0.4 is 10.0 Å². The maximum atomic E-state index is 12.9. The predicted molar refractivity (Wildman–Crippen MR) is 154 cm³/mol. The van der Waals surface area contributed by atoms with Gasteiger partial charge in [0, 0.05) is 11.8 Å². The Bertz CT molecular complexity index is 1660. The van der Waals surface area contributed by atoms with Crippen molar-refractivity contribution in [2.75, 3.05) is 23.2 Å². The number of nitro groups is 1. The van der Waals surface area contributed by atoms with Crippen molar-refractivity contribution in [2.45, 2.75) is 52.5 Å². The lowest BCUT2D eigenvalue weighted by atomic mass is 10.1. The number of carbonyl (C=O) groups is 3. The van der Waals surface area contributed by atoms with Crippen molar-refractivity contribution in [1.82, 2.24) is 4.98 Å². The summed E-state index contributed by atoms with van der Waals surface area (Å²) in [5, 5.41) is 14.3. The molecule has 0 spiro atoms. The van der Waals surface area contributed by atoms with Crippen molar-refractivity contribution in [3.63, 3.8) is 0 Å². The minimum absolute atomic E-state index is 0.0886. The predicted octanol–water partition coefficient (Wildman–Crippen LogP) is 4.36. The van der Waals surface area contributed by atoms with Crippen LogP contribution in [0.1, 0.15) is 57.1 Å². The molecule has 0 fully saturated rings. The molecule has 0 aliphatic carbocycles. The topological polar surface area (TPSA) is 187 Å². The molecule has 0 radical (unpaired) electrons. The van der Waals surface area contributed by atoms with Crippen molar-refractivity contribution in [2.24, 2.45) is 0 Å². The number of carbonyl (C=O) groups excluding carboxylic acids is 3. The summed E-state index contributed by atoms with van der Waals surface area (Å²) in [6.45, 7) is 9.39. The molecule has 1 atom stereocenters. The minimum atomic E-state index is -4.16. The molecule has 0 amide bonds. The lowest BCUT2D eigenvalue weighted by Crippen LogP contribution is -2.28. The van der Waals surface area contributed by atoms with Crippen LogP contribution >= 0.6 is 0 Å². The van der Waals surface area contributed by atoms with E-state index < -0.39 is 51.0 Å². The number of anilines is 2. The lowest BCUT2D eigenvalue weighted by molar-refractivity contribution is -0.384. The average Bonchev–Trinajstić information content (AvgIpc) is 3.21. The maximum Gasteiger partial charge on any atom is 0.340 e. The number of benzene rings is 2. The summed E-state index contributed by atoms with van der Waals surface area (Å²) in [6.07, 6.45) is -1.25. The molecule has 0 saturated heterocycles. The second kappa shape index (κ2) is 12.9. The zero-order chi connectivity index (χ0) is 31.4. The summed E-state index contributed by atoms with van der Waals surface area (Å²) in [5.41, 5.74) is 2.34. The number of sulfonamides is 1. The number of aromatic amines is 1. The van der Waals surface area contributed by atoms with Gasteiger partial charge >= 0.3 is 11.9 Å². The highest BCUT2D eigenvalue weighted by molar-refractivity contribution is 7.92. The van der Waals surface area contributed by atoms with Crippen LogP contribution in [0.2, 0.25) is 0 Å². The summed E-state index contributed by atoms with van der Waals surface area (Å²) in [7, 11) is -4.16. The second-order valence-corrected chi connectivity index (χ2v) is 11.2. The van der Waals surface area contributed by atoms with Crippen LogP contribution in [-0.2, 0) is 24.3 Å². The van der Waals surface area contributed by atoms with Crippen LogP contribution in [0.5, 0.6) is 0 Å². The zero-order valence-corrected chi connectivity index (χ0v) is 24.8. The monoisotopic (exact) mass is 600 g/mol. The highest BCUT2D eigenvalue weighted by Crippen LogP contribution is 2.29. The molecule has 0 aliphatic heterocycles. The van der Waals surface area contributed by atoms with Gasteiger partial charge in [0.25, 0.3) is 15.7 Å². The summed E-state index contributed by atoms with van der Waals surface area (Å²) in [6, 6.07) is 8.33. The lowest BCUT2D eigenvalue weighted by Gasteiger charge is -2.14. The molecule has 3 rings (SSSR count). The number of nitro benzene ring substituents is 1. The highest BCUT2D eigenvalue weighted by Gasteiger charge is 2.28. The number of esters is 2. The van der Waals surface area contributed by atoms with E-state index in [0.717, 1.165) is 17.7 Å². The molecule has 13 nitrogen and oxygen atoms in total. The van der Waals surface area contributed by atoms with Gasteiger partial charge in [0.2, 0.25) is 5.78 Å². The highest BCUT2D eigenvalue weighted by atomic mass is 32.2. The Labute approximate surface area is 242 Å². The summed E-state index contributed by atoms with van der Waals surface area (Å²) in [5.74, 6) is -2.07. The molecule has 2 aromatic carbocycles. The van der Waals surface area contributed by atoms with E-state index in [4.69, 9.17) is 9.47 Å². The fourth-order valence-electron chi connectivity index (χ4n) is 4.28. The van der Waals surface area contributed by atoms with Crippen LogP contribution in [0, 0.1) is 37.8 Å². The number of H-pyrrole nitrogens is 1. The molecule has 42 heavy (non-hydrogen) atoms. The van der Waals surface area contributed by atoms with E-state index >= 15 is 0 Å². The van der Waals surface area contributed by atoms with Crippen molar-refractivity contribution in [1.29, 1.82) is 0 Å². The Morgan fingerprint density at radius 2 is 1.71 bits per heavy atom. The van der Waals surface area contributed by atoms with E-state index in [1.54, 1.807) is 45.9 Å². The summed E-state index contributed by atoms with van der Waals surface area (Å²) in [4.78, 5) is 51.1. The number of nitrogens with one attached hydrogen (secondary N) is 3. The third kappa shape index (κ3) is 7.13.